The molecule has 0 radical (unpaired) electrons. The molecule has 0 aliphatic carbocycles. The summed E-state index contributed by atoms with van der Waals surface area (Å²) in [5.41, 5.74) is 4.48. The fourth-order valence-electron chi connectivity index (χ4n) is 3.64. The minimum Gasteiger partial charge on any atom is -0.366 e. The summed E-state index contributed by atoms with van der Waals surface area (Å²) in [6.07, 6.45) is 3.92. The van der Waals surface area contributed by atoms with Crippen LogP contribution in [0.25, 0.3) is 0 Å². The van der Waals surface area contributed by atoms with Gasteiger partial charge in [-0.25, -0.2) is 0 Å². The van der Waals surface area contributed by atoms with Gasteiger partial charge in [0.25, 0.3) is 0 Å². The molecule has 0 amide bonds. The van der Waals surface area contributed by atoms with Crippen LogP contribution in [0, 0.1) is 12.8 Å². The van der Waals surface area contributed by atoms with Crippen molar-refractivity contribution >= 4 is 5.69 Å². The lowest BCUT2D eigenvalue weighted by atomic mass is 9.92. The van der Waals surface area contributed by atoms with E-state index in [-0.39, 0.29) is 0 Å². The standard InChI is InChI=1S/C18H28N2/c1-14(2)8-9-19-10-11-20-17(13-19)6-5-16-12-15(3)4-7-18(16)20/h4,7,12,14,17H,5-6,8-11,13H2,1-3H3. The van der Waals surface area contributed by atoms with Gasteiger partial charge >= 0.3 is 0 Å². The monoisotopic (exact) mass is 272 g/mol. The van der Waals surface area contributed by atoms with Crippen LogP contribution in [0.1, 0.15) is 37.8 Å². The molecule has 110 valence electrons. The highest BCUT2D eigenvalue weighted by Crippen LogP contribution is 2.33. The maximum atomic E-state index is 2.68. The van der Waals surface area contributed by atoms with Crippen molar-refractivity contribution in [1.82, 2.24) is 4.90 Å². The van der Waals surface area contributed by atoms with Gasteiger partial charge in [0.15, 0.2) is 0 Å². The number of benzene rings is 1. The fraction of sp³-hybridized carbons (Fsp3) is 0.667. The van der Waals surface area contributed by atoms with Crippen molar-refractivity contribution in [3.05, 3.63) is 29.3 Å². The number of nitrogens with zero attached hydrogens (tertiary/aromatic N) is 2. The number of aryl methyl sites for hydroxylation is 2. The van der Waals surface area contributed by atoms with E-state index in [1.54, 1.807) is 5.56 Å². The number of fused-ring (bicyclic) bond motifs is 3. The van der Waals surface area contributed by atoms with Crippen molar-refractivity contribution in [1.29, 1.82) is 0 Å². The Morgan fingerprint density at radius 3 is 2.90 bits per heavy atom. The molecule has 3 rings (SSSR count). The van der Waals surface area contributed by atoms with Crippen LogP contribution in [0.15, 0.2) is 18.2 Å². The van der Waals surface area contributed by atoms with Crippen LogP contribution in [-0.2, 0) is 6.42 Å². The number of rotatable bonds is 3. The normalized spacial score (nSPS) is 22.8. The Morgan fingerprint density at radius 1 is 1.25 bits per heavy atom. The van der Waals surface area contributed by atoms with Gasteiger partial charge in [0.2, 0.25) is 0 Å². The van der Waals surface area contributed by atoms with Gasteiger partial charge in [0, 0.05) is 31.4 Å². The zero-order chi connectivity index (χ0) is 14.1. The molecule has 1 aromatic carbocycles. The summed E-state index contributed by atoms with van der Waals surface area (Å²) < 4.78 is 0. The topological polar surface area (TPSA) is 6.48 Å². The Hall–Kier alpha value is -1.02. The molecule has 2 heteroatoms. The van der Waals surface area contributed by atoms with E-state index in [9.17, 15) is 0 Å². The highest BCUT2D eigenvalue weighted by atomic mass is 15.3. The van der Waals surface area contributed by atoms with E-state index in [1.165, 1.54) is 56.7 Å². The number of piperazine rings is 1. The van der Waals surface area contributed by atoms with E-state index in [0.717, 1.165) is 12.0 Å². The maximum Gasteiger partial charge on any atom is 0.0420 e. The highest BCUT2D eigenvalue weighted by Gasteiger charge is 2.31. The summed E-state index contributed by atoms with van der Waals surface area (Å²) in [5, 5.41) is 0. The summed E-state index contributed by atoms with van der Waals surface area (Å²) >= 11 is 0. The van der Waals surface area contributed by atoms with Gasteiger partial charge in [-0.3, -0.25) is 4.90 Å². The molecule has 0 saturated carbocycles. The lowest BCUT2D eigenvalue weighted by molar-refractivity contribution is 0.204. The van der Waals surface area contributed by atoms with Crippen molar-refractivity contribution < 1.29 is 0 Å². The van der Waals surface area contributed by atoms with Crippen LogP contribution in [0.4, 0.5) is 5.69 Å². The van der Waals surface area contributed by atoms with Gasteiger partial charge in [-0.05, 0) is 50.3 Å². The number of anilines is 1. The first-order valence-corrected chi connectivity index (χ1v) is 8.22. The lowest BCUT2D eigenvalue weighted by Gasteiger charge is -2.46. The molecular weight excluding hydrogens is 244 g/mol. The first-order valence-electron chi connectivity index (χ1n) is 8.22. The Morgan fingerprint density at radius 2 is 2.10 bits per heavy atom. The molecule has 0 aromatic heterocycles. The third kappa shape index (κ3) is 2.85. The van der Waals surface area contributed by atoms with Crippen LogP contribution in [0.2, 0.25) is 0 Å². The summed E-state index contributed by atoms with van der Waals surface area (Å²) in [5.74, 6) is 0.822. The molecule has 2 aliphatic rings. The fourth-order valence-corrected chi connectivity index (χ4v) is 3.64. The second-order valence-corrected chi connectivity index (χ2v) is 7.00. The molecule has 2 nitrogen and oxygen atoms in total. The number of hydrogen-bond donors (Lipinski definition) is 0. The van der Waals surface area contributed by atoms with E-state index in [0.29, 0.717) is 0 Å². The van der Waals surface area contributed by atoms with E-state index in [2.05, 4.69) is 48.8 Å². The molecule has 0 N–H and O–H groups in total. The molecule has 1 fully saturated rings. The van der Waals surface area contributed by atoms with Crippen LogP contribution >= 0.6 is 0 Å². The second-order valence-electron chi connectivity index (χ2n) is 7.00. The maximum absolute atomic E-state index is 2.68. The van der Waals surface area contributed by atoms with E-state index in [4.69, 9.17) is 0 Å². The van der Waals surface area contributed by atoms with Gasteiger partial charge < -0.3 is 4.90 Å². The smallest absolute Gasteiger partial charge is 0.0420 e. The van der Waals surface area contributed by atoms with Gasteiger partial charge in [0.05, 0.1) is 0 Å². The predicted molar refractivity (Wildman–Crippen MR) is 86.5 cm³/mol. The molecule has 1 atom stereocenters. The molecule has 0 spiro atoms. The Balaban J connectivity index is 1.68. The summed E-state index contributed by atoms with van der Waals surface area (Å²) in [4.78, 5) is 5.35. The van der Waals surface area contributed by atoms with Gasteiger partial charge in [0.1, 0.15) is 0 Å². The van der Waals surface area contributed by atoms with Crippen molar-refractivity contribution in [2.75, 3.05) is 31.1 Å². The van der Waals surface area contributed by atoms with Gasteiger partial charge in [-0.15, -0.1) is 0 Å². The van der Waals surface area contributed by atoms with Gasteiger partial charge in [-0.2, -0.15) is 0 Å². The average Bonchev–Trinajstić information content (AvgIpc) is 2.44. The molecular formula is C18H28N2. The van der Waals surface area contributed by atoms with Crippen molar-refractivity contribution in [3.63, 3.8) is 0 Å². The second kappa shape index (κ2) is 5.77. The minimum absolute atomic E-state index is 0.742. The quantitative estimate of drug-likeness (QED) is 0.831. The molecule has 2 aliphatic heterocycles. The molecule has 1 aromatic rings. The number of hydrogen-bond acceptors (Lipinski definition) is 2. The van der Waals surface area contributed by atoms with E-state index >= 15 is 0 Å². The van der Waals surface area contributed by atoms with Crippen molar-refractivity contribution in [2.45, 2.75) is 46.1 Å². The molecule has 1 unspecified atom stereocenters. The predicted octanol–water partition coefficient (Wildman–Crippen LogP) is 3.48. The Kier molecular flexibility index (Phi) is 4.02. The first-order chi connectivity index (χ1) is 9.63. The van der Waals surface area contributed by atoms with Gasteiger partial charge in [-0.1, -0.05) is 31.5 Å². The van der Waals surface area contributed by atoms with Crippen LogP contribution < -0.4 is 4.90 Å². The molecule has 2 heterocycles. The van der Waals surface area contributed by atoms with Crippen LogP contribution in [-0.4, -0.2) is 37.1 Å². The third-order valence-corrected chi connectivity index (χ3v) is 4.88. The highest BCUT2D eigenvalue weighted by molar-refractivity contribution is 5.58. The van der Waals surface area contributed by atoms with E-state index < -0.39 is 0 Å². The minimum atomic E-state index is 0.742. The zero-order valence-corrected chi connectivity index (χ0v) is 13.2. The SMILES string of the molecule is Cc1ccc2c(c1)CCC1CN(CCC(C)C)CCN21. The van der Waals surface area contributed by atoms with Crippen molar-refractivity contribution in [2.24, 2.45) is 5.92 Å². The van der Waals surface area contributed by atoms with Crippen molar-refractivity contribution in [3.8, 4) is 0 Å². The van der Waals surface area contributed by atoms with Crippen LogP contribution in [0.5, 0.6) is 0 Å². The zero-order valence-electron chi connectivity index (χ0n) is 13.2. The van der Waals surface area contributed by atoms with E-state index in [1.807, 2.05) is 0 Å². The van der Waals surface area contributed by atoms with Crippen LogP contribution in [0.3, 0.4) is 0 Å². The molecule has 1 saturated heterocycles. The Bertz CT molecular complexity index is 466. The summed E-state index contributed by atoms with van der Waals surface area (Å²) in [6, 6.07) is 7.75. The molecule has 0 bridgehead atoms. The summed E-state index contributed by atoms with van der Waals surface area (Å²) in [6.45, 7) is 11.8. The average molecular weight is 272 g/mol. The summed E-state index contributed by atoms with van der Waals surface area (Å²) in [7, 11) is 0. The molecule has 20 heavy (non-hydrogen) atoms. The largest absolute Gasteiger partial charge is 0.366 e. The Labute approximate surface area is 123 Å². The lowest BCUT2D eigenvalue weighted by Crippen LogP contribution is -2.55. The third-order valence-electron chi connectivity index (χ3n) is 4.88. The first kappa shape index (κ1) is 13.9.